The first-order valence-electron chi connectivity index (χ1n) is 5.98. The second-order valence-electron chi connectivity index (χ2n) is 4.18. The average Bonchev–Trinajstić information content (AvgIpc) is 2.97. The van der Waals surface area contributed by atoms with Crippen molar-refractivity contribution in [1.82, 2.24) is 15.0 Å². The van der Waals surface area contributed by atoms with Gasteiger partial charge in [-0.15, -0.1) is 0 Å². The summed E-state index contributed by atoms with van der Waals surface area (Å²) in [5, 5.41) is 19.0. The van der Waals surface area contributed by atoms with Gasteiger partial charge in [-0.1, -0.05) is 0 Å². The maximum Gasteiger partial charge on any atom is 0.297 e. The highest BCUT2D eigenvalue weighted by Crippen LogP contribution is 2.12. The smallest absolute Gasteiger partial charge is 0.297 e. The third kappa shape index (κ3) is 3.22. The van der Waals surface area contributed by atoms with Gasteiger partial charge in [-0.2, -0.15) is 0 Å². The summed E-state index contributed by atoms with van der Waals surface area (Å²) in [5.74, 6) is 0. The van der Waals surface area contributed by atoms with Crippen molar-refractivity contribution < 1.29 is 22.1 Å². The van der Waals surface area contributed by atoms with Gasteiger partial charge in [0, 0.05) is 20.5 Å². The Morgan fingerprint density at radius 1 is 1.09 bits per heavy atom. The van der Waals surface area contributed by atoms with Gasteiger partial charge in [-0.05, 0) is 68.9 Å². The van der Waals surface area contributed by atoms with Crippen LogP contribution in [-0.4, -0.2) is 19.9 Å². The highest BCUT2D eigenvalue weighted by molar-refractivity contribution is 14.1. The quantitative estimate of drug-likeness (QED) is 0.233. The standard InChI is InChI=1S/C13H9IN5O2.ClH/c14-10-1-3-11(4-2-10)17-15-9-16-18(17)12-5-7-13(8-6-12)19(20)21;/h1-9H;1H/q+1;/p-1. The average molecular weight is 430 g/mol. The first-order chi connectivity index (χ1) is 10.1. The highest BCUT2D eigenvalue weighted by atomic mass is 127. The largest absolute Gasteiger partial charge is 1.00 e. The molecule has 2 aromatic carbocycles. The van der Waals surface area contributed by atoms with E-state index in [1.807, 2.05) is 24.3 Å². The molecule has 22 heavy (non-hydrogen) atoms. The lowest BCUT2D eigenvalue weighted by atomic mass is 10.3. The Hall–Kier alpha value is -2.07. The lowest BCUT2D eigenvalue weighted by Gasteiger charge is -2.00. The summed E-state index contributed by atoms with van der Waals surface area (Å²) in [6, 6.07) is 13.9. The van der Waals surface area contributed by atoms with Crippen molar-refractivity contribution in [1.29, 1.82) is 0 Å². The SMILES string of the molecule is O=[N+]([O-])c1ccc(-[n+]2ncnn2-c2ccc(I)cc2)cc1.[Cl-]. The van der Waals surface area contributed by atoms with Gasteiger partial charge in [0.25, 0.3) is 12.0 Å². The van der Waals surface area contributed by atoms with Gasteiger partial charge in [0.2, 0.25) is 0 Å². The lowest BCUT2D eigenvalue weighted by molar-refractivity contribution is -0.735. The van der Waals surface area contributed by atoms with Crippen LogP contribution in [0.25, 0.3) is 11.4 Å². The van der Waals surface area contributed by atoms with Crippen molar-refractivity contribution in [3.8, 4) is 11.4 Å². The molecule has 0 amide bonds. The third-order valence-electron chi connectivity index (χ3n) is 2.85. The number of nitrogens with zero attached hydrogens (tertiary/aromatic N) is 5. The molecule has 0 aliphatic carbocycles. The van der Waals surface area contributed by atoms with Gasteiger partial charge in [-0.25, -0.2) is 0 Å². The second-order valence-corrected chi connectivity index (χ2v) is 5.42. The molecule has 1 heterocycles. The normalized spacial score (nSPS) is 10.0. The third-order valence-corrected chi connectivity index (χ3v) is 3.57. The fourth-order valence-electron chi connectivity index (χ4n) is 1.85. The van der Waals surface area contributed by atoms with E-state index >= 15 is 0 Å². The number of hydrogen-bond acceptors (Lipinski definition) is 4. The molecule has 0 spiro atoms. The van der Waals surface area contributed by atoms with Gasteiger partial charge >= 0.3 is 0 Å². The molecule has 0 saturated heterocycles. The molecular weight excluding hydrogens is 421 g/mol. The van der Waals surface area contributed by atoms with Crippen LogP contribution in [0.2, 0.25) is 0 Å². The summed E-state index contributed by atoms with van der Waals surface area (Å²) in [6.07, 6.45) is 1.43. The molecule has 1 aromatic heterocycles. The van der Waals surface area contributed by atoms with Crippen molar-refractivity contribution in [2.75, 3.05) is 0 Å². The summed E-state index contributed by atoms with van der Waals surface area (Å²) in [7, 11) is 0. The van der Waals surface area contributed by atoms with E-state index in [0.717, 1.165) is 9.26 Å². The Bertz CT molecular complexity index is 789. The predicted molar refractivity (Wildman–Crippen MR) is 82.3 cm³/mol. The van der Waals surface area contributed by atoms with Crippen molar-refractivity contribution in [2.45, 2.75) is 0 Å². The maximum absolute atomic E-state index is 10.7. The molecule has 0 aliphatic rings. The minimum absolute atomic E-state index is 0. The van der Waals surface area contributed by atoms with E-state index in [1.54, 1.807) is 21.7 Å². The molecule has 0 aliphatic heterocycles. The molecular formula is C13H9ClIN5O2. The number of tetrazole rings is 1. The first-order valence-corrected chi connectivity index (χ1v) is 7.06. The lowest BCUT2D eigenvalue weighted by Crippen LogP contribution is -3.00. The van der Waals surface area contributed by atoms with Crippen molar-refractivity contribution >= 4 is 28.3 Å². The van der Waals surface area contributed by atoms with Crippen LogP contribution in [0.5, 0.6) is 0 Å². The van der Waals surface area contributed by atoms with Crippen LogP contribution in [0.15, 0.2) is 54.9 Å². The molecule has 9 heteroatoms. The molecule has 3 rings (SSSR count). The Balaban J connectivity index is 0.00000176. The Morgan fingerprint density at radius 2 is 1.73 bits per heavy atom. The molecule has 0 unspecified atom stereocenters. The number of aromatic nitrogens is 4. The molecule has 0 radical (unpaired) electrons. The number of benzene rings is 2. The fraction of sp³-hybridized carbons (Fsp3) is 0. The number of rotatable bonds is 3. The van der Waals surface area contributed by atoms with Gasteiger partial charge in [-0.3, -0.25) is 10.1 Å². The Kier molecular flexibility index (Phi) is 5.03. The fourth-order valence-corrected chi connectivity index (χ4v) is 2.21. The number of nitro benzene ring substituents is 1. The zero-order valence-electron chi connectivity index (χ0n) is 11.0. The number of halogens is 2. The van der Waals surface area contributed by atoms with E-state index in [4.69, 9.17) is 0 Å². The maximum atomic E-state index is 10.7. The summed E-state index contributed by atoms with van der Waals surface area (Å²) >= 11 is 2.23. The number of non-ortho nitro benzene ring substituents is 1. The van der Waals surface area contributed by atoms with Crippen LogP contribution >= 0.6 is 22.6 Å². The van der Waals surface area contributed by atoms with Crippen molar-refractivity contribution in [3.05, 3.63) is 68.5 Å². The van der Waals surface area contributed by atoms with Gasteiger partial charge in [0.15, 0.2) is 5.69 Å². The van der Waals surface area contributed by atoms with Crippen molar-refractivity contribution in [2.24, 2.45) is 0 Å². The van der Waals surface area contributed by atoms with Crippen LogP contribution in [0.1, 0.15) is 0 Å². The van der Waals surface area contributed by atoms with Gasteiger partial charge in [0.1, 0.15) is 5.69 Å². The van der Waals surface area contributed by atoms with E-state index < -0.39 is 4.92 Å². The zero-order chi connectivity index (χ0) is 14.8. The van der Waals surface area contributed by atoms with Gasteiger partial charge < -0.3 is 12.4 Å². The molecule has 0 atom stereocenters. The molecule has 0 bridgehead atoms. The van der Waals surface area contributed by atoms with Gasteiger partial charge in [0.05, 0.1) is 10.0 Å². The molecule has 0 N–H and O–H groups in total. The Morgan fingerprint density at radius 3 is 2.32 bits per heavy atom. The monoisotopic (exact) mass is 429 g/mol. The van der Waals surface area contributed by atoms with Crippen molar-refractivity contribution in [3.63, 3.8) is 0 Å². The highest BCUT2D eigenvalue weighted by Gasteiger charge is 2.17. The van der Waals surface area contributed by atoms with Crippen LogP contribution < -0.4 is 17.2 Å². The van der Waals surface area contributed by atoms with Crippen LogP contribution in [-0.2, 0) is 0 Å². The summed E-state index contributed by atoms with van der Waals surface area (Å²) in [4.78, 5) is 13.4. The summed E-state index contributed by atoms with van der Waals surface area (Å²) in [5.41, 5.74) is 1.59. The van der Waals surface area contributed by atoms with Crippen LogP contribution in [0.4, 0.5) is 5.69 Å². The minimum atomic E-state index is -0.432. The number of hydrogen-bond donors (Lipinski definition) is 0. The Labute approximate surface area is 145 Å². The zero-order valence-corrected chi connectivity index (χ0v) is 13.9. The molecule has 0 saturated carbocycles. The predicted octanol–water partition coefficient (Wildman–Crippen LogP) is -0.939. The van der Waals surface area contributed by atoms with E-state index in [2.05, 4.69) is 32.8 Å². The van der Waals surface area contributed by atoms with E-state index in [9.17, 15) is 10.1 Å². The molecule has 7 nitrogen and oxygen atoms in total. The van der Waals surface area contributed by atoms with Crippen LogP contribution in [0.3, 0.4) is 0 Å². The molecule has 3 aromatic rings. The van der Waals surface area contributed by atoms with E-state index in [0.29, 0.717) is 5.69 Å². The summed E-state index contributed by atoms with van der Waals surface area (Å²) < 4.78 is 1.12. The van der Waals surface area contributed by atoms with Crippen LogP contribution in [0, 0.1) is 13.7 Å². The molecule has 0 fully saturated rings. The number of nitro groups is 1. The van der Waals surface area contributed by atoms with E-state index in [-0.39, 0.29) is 18.1 Å². The second kappa shape index (κ2) is 6.79. The first kappa shape index (κ1) is 16.3. The summed E-state index contributed by atoms with van der Waals surface area (Å²) in [6.45, 7) is 0. The molecule has 112 valence electrons. The topological polar surface area (TPSA) is 77.7 Å². The van der Waals surface area contributed by atoms with E-state index in [1.165, 1.54) is 18.5 Å². The minimum Gasteiger partial charge on any atom is -1.00 e.